The Balaban J connectivity index is 1.76. The van der Waals surface area contributed by atoms with Crippen molar-refractivity contribution in [3.63, 3.8) is 0 Å². The molecule has 1 aliphatic carbocycles. The van der Waals surface area contributed by atoms with Crippen molar-refractivity contribution in [1.29, 1.82) is 0 Å². The third kappa shape index (κ3) is 3.05. The molecule has 3 aromatic rings. The van der Waals surface area contributed by atoms with Gasteiger partial charge in [-0.3, -0.25) is 9.36 Å². The van der Waals surface area contributed by atoms with Gasteiger partial charge in [0, 0.05) is 18.7 Å². The summed E-state index contributed by atoms with van der Waals surface area (Å²) in [5.41, 5.74) is 2.98. The Morgan fingerprint density at radius 1 is 1.19 bits per heavy atom. The van der Waals surface area contributed by atoms with Crippen molar-refractivity contribution in [1.82, 2.24) is 9.55 Å². The number of fused-ring (bicyclic) bond motifs is 2. The minimum absolute atomic E-state index is 0.143. The summed E-state index contributed by atoms with van der Waals surface area (Å²) in [6.45, 7) is 0.557. The zero-order valence-electron chi connectivity index (χ0n) is 14.6. The van der Waals surface area contributed by atoms with Gasteiger partial charge in [-0.2, -0.15) is 0 Å². The van der Waals surface area contributed by atoms with Gasteiger partial charge >= 0.3 is 0 Å². The lowest BCUT2D eigenvalue weighted by atomic mass is 9.83. The van der Waals surface area contributed by atoms with Crippen LogP contribution in [0, 0.1) is 0 Å². The first kappa shape index (κ1) is 17.0. The molecule has 0 amide bonds. The molecule has 0 bridgehead atoms. The van der Waals surface area contributed by atoms with E-state index < -0.39 is 9.84 Å². The highest BCUT2D eigenvalue weighted by atomic mass is 32.2. The molecule has 134 valence electrons. The minimum atomic E-state index is -3.37. The third-order valence-corrected chi connectivity index (χ3v) is 6.24. The molecule has 2 aromatic carbocycles. The first-order valence-corrected chi connectivity index (χ1v) is 10.6. The van der Waals surface area contributed by atoms with Gasteiger partial charge in [0.25, 0.3) is 5.56 Å². The predicted octanol–water partition coefficient (Wildman–Crippen LogP) is 2.92. The highest BCUT2D eigenvalue weighted by Gasteiger charge is 2.21. The molecule has 1 unspecified atom stereocenters. The minimum Gasteiger partial charge on any atom is -0.298 e. The van der Waals surface area contributed by atoms with E-state index in [2.05, 4.69) is 23.2 Å². The number of benzene rings is 2. The van der Waals surface area contributed by atoms with Crippen LogP contribution >= 0.6 is 0 Å². The maximum absolute atomic E-state index is 12.9. The van der Waals surface area contributed by atoms with Gasteiger partial charge in [0.05, 0.1) is 22.1 Å². The molecule has 0 N–H and O–H groups in total. The van der Waals surface area contributed by atoms with E-state index >= 15 is 0 Å². The van der Waals surface area contributed by atoms with Crippen LogP contribution in [0.2, 0.25) is 0 Å². The molecule has 0 radical (unpaired) electrons. The molecule has 1 aliphatic rings. The quantitative estimate of drug-likeness (QED) is 0.713. The van der Waals surface area contributed by atoms with Crippen molar-refractivity contribution in [2.75, 3.05) is 6.26 Å². The van der Waals surface area contributed by atoms with Crippen molar-refractivity contribution in [2.24, 2.45) is 0 Å². The molecule has 26 heavy (non-hydrogen) atoms. The molecule has 0 spiro atoms. The number of nitrogens with zero attached hydrogens (tertiary/aromatic N) is 2. The number of aryl methyl sites for hydroxylation is 1. The fourth-order valence-electron chi connectivity index (χ4n) is 3.78. The van der Waals surface area contributed by atoms with Crippen LogP contribution in [0.4, 0.5) is 0 Å². The fourth-order valence-corrected chi connectivity index (χ4v) is 4.43. The lowest BCUT2D eigenvalue weighted by Crippen LogP contribution is -2.25. The molecule has 0 fully saturated rings. The lowest BCUT2D eigenvalue weighted by Gasteiger charge is -2.26. The van der Waals surface area contributed by atoms with E-state index in [0.29, 0.717) is 17.4 Å². The Hall–Kier alpha value is -2.47. The summed E-state index contributed by atoms with van der Waals surface area (Å²) in [6, 6.07) is 12.9. The molecule has 4 rings (SSSR count). The van der Waals surface area contributed by atoms with Crippen molar-refractivity contribution in [3.05, 3.63) is 70.3 Å². The molecule has 0 saturated heterocycles. The van der Waals surface area contributed by atoms with Gasteiger partial charge in [-0.25, -0.2) is 13.4 Å². The zero-order chi connectivity index (χ0) is 18.3. The van der Waals surface area contributed by atoms with E-state index in [1.807, 2.05) is 6.07 Å². The van der Waals surface area contributed by atoms with Gasteiger partial charge in [0.2, 0.25) is 0 Å². The van der Waals surface area contributed by atoms with Crippen molar-refractivity contribution >= 4 is 20.7 Å². The van der Waals surface area contributed by atoms with Crippen molar-refractivity contribution in [2.45, 2.75) is 36.6 Å². The van der Waals surface area contributed by atoms with E-state index in [1.54, 1.807) is 17.0 Å². The van der Waals surface area contributed by atoms with Crippen LogP contribution in [0.1, 0.15) is 29.9 Å². The highest BCUT2D eigenvalue weighted by Crippen LogP contribution is 2.32. The monoisotopic (exact) mass is 368 g/mol. The van der Waals surface area contributed by atoms with Crippen molar-refractivity contribution in [3.8, 4) is 0 Å². The molecule has 1 aromatic heterocycles. The van der Waals surface area contributed by atoms with Crippen LogP contribution in [-0.4, -0.2) is 24.2 Å². The van der Waals surface area contributed by atoms with Crippen LogP contribution in [0.3, 0.4) is 0 Å². The molecule has 5 nitrogen and oxygen atoms in total. The summed E-state index contributed by atoms with van der Waals surface area (Å²) in [5.74, 6) is 0.273. The van der Waals surface area contributed by atoms with Crippen LogP contribution in [0.25, 0.3) is 10.9 Å². The van der Waals surface area contributed by atoms with Gasteiger partial charge in [0.15, 0.2) is 9.84 Å². The number of hydrogen-bond donors (Lipinski definition) is 0. The van der Waals surface area contributed by atoms with E-state index in [9.17, 15) is 13.2 Å². The van der Waals surface area contributed by atoms with Crippen LogP contribution in [0.15, 0.2) is 58.5 Å². The maximum atomic E-state index is 12.9. The number of rotatable bonds is 3. The largest absolute Gasteiger partial charge is 0.298 e. The Kier molecular flexibility index (Phi) is 4.15. The zero-order valence-corrected chi connectivity index (χ0v) is 15.4. The molecule has 1 atom stereocenters. The second-order valence-corrected chi connectivity index (χ2v) is 8.96. The molecular weight excluding hydrogens is 348 g/mol. The topological polar surface area (TPSA) is 69.0 Å². The smallest absolute Gasteiger partial charge is 0.261 e. The van der Waals surface area contributed by atoms with Crippen molar-refractivity contribution < 1.29 is 8.42 Å². The van der Waals surface area contributed by atoms with Gasteiger partial charge in [-0.05, 0) is 48.6 Å². The average Bonchev–Trinajstić information content (AvgIpc) is 2.63. The van der Waals surface area contributed by atoms with Gasteiger partial charge < -0.3 is 0 Å². The first-order chi connectivity index (χ1) is 12.4. The number of hydrogen-bond acceptors (Lipinski definition) is 4. The summed E-state index contributed by atoms with van der Waals surface area (Å²) in [7, 11) is -3.37. The van der Waals surface area contributed by atoms with Crippen LogP contribution in [-0.2, 0) is 22.8 Å². The van der Waals surface area contributed by atoms with Gasteiger partial charge in [0.1, 0.15) is 0 Å². The number of aromatic nitrogens is 2. The second-order valence-electron chi connectivity index (χ2n) is 6.94. The van der Waals surface area contributed by atoms with E-state index in [-0.39, 0.29) is 16.4 Å². The summed E-state index contributed by atoms with van der Waals surface area (Å²) >= 11 is 0. The highest BCUT2D eigenvalue weighted by molar-refractivity contribution is 7.90. The molecule has 0 saturated carbocycles. The molecule has 6 heteroatoms. The Morgan fingerprint density at radius 2 is 2.00 bits per heavy atom. The summed E-state index contributed by atoms with van der Waals surface area (Å²) in [6.07, 6.45) is 5.93. The standard InChI is InChI=1S/C20H20N2O3S/c1-26(24,25)16-9-10-19-18(11-16)20(23)22(13-21-19)12-15-7-4-6-14-5-2-3-8-17(14)15/h2-3,5,8-11,13,15H,4,6-7,12H2,1H3. The average molecular weight is 368 g/mol. The second kappa shape index (κ2) is 6.36. The molecular formula is C20H20N2O3S. The SMILES string of the molecule is CS(=O)(=O)c1ccc2ncn(CC3CCCc4ccccc43)c(=O)c2c1. The predicted molar refractivity (Wildman–Crippen MR) is 101 cm³/mol. The Labute approximate surface area is 152 Å². The lowest BCUT2D eigenvalue weighted by molar-refractivity contribution is 0.474. The van der Waals surface area contributed by atoms with E-state index in [4.69, 9.17) is 0 Å². The normalized spacial score (nSPS) is 17.2. The van der Waals surface area contributed by atoms with E-state index in [1.165, 1.54) is 23.3 Å². The molecule has 0 aliphatic heterocycles. The third-order valence-electron chi connectivity index (χ3n) is 5.13. The fraction of sp³-hybridized carbons (Fsp3) is 0.300. The number of sulfone groups is 1. The van der Waals surface area contributed by atoms with Gasteiger partial charge in [-0.1, -0.05) is 24.3 Å². The Morgan fingerprint density at radius 3 is 2.81 bits per heavy atom. The van der Waals surface area contributed by atoms with E-state index in [0.717, 1.165) is 25.5 Å². The molecule has 1 heterocycles. The van der Waals surface area contributed by atoms with Gasteiger partial charge in [-0.15, -0.1) is 0 Å². The summed E-state index contributed by atoms with van der Waals surface area (Å²) in [4.78, 5) is 17.4. The summed E-state index contributed by atoms with van der Waals surface area (Å²) < 4.78 is 25.2. The first-order valence-electron chi connectivity index (χ1n) is 8.70. The van der Waals surface area contributed by atoms with Crippen LogP contribution < -0.4 is 5.56 Å². The van der Waals surface area contributed by atoms with Crippen LogP contribution in [0.5, 0.6) is 0 Å². The Bertz CT molecular complexity index is 1150. The summed E-state index contributed by atoms with van der Waals surface area (Å²) in [5, 5.41) is 0.347. The maximum Gasteiger partial charge on any atom is 0.261 e.